The number of aryl methyl sites for hydroxylation is 2. The van der Waals surface area contributed by atoms with E-state index in [1.165, 1.54) is 6.07 Å². The summed E-state index contributed by atoms with van der Waals surface area (Å²) in [5, 5.41) is 9.58. The molecule has 1 atom stereocenters. The minimum Gasteiger partial charge on any atom is -0.480 e. The Morgan fingerprint density at radius 2 is 2.16 bits per heavy atom. The Labute approximate surface area is 109 Å². The van der Waals surface area contributed by atoms with Gasteiger partial charge < -0.3 is 15.3 Å². The second-order valence-corrected chi connectivity index (χ2v) is 4.57. The Kier molecular flexibility index (Phi) is 3.66. The van der Waals surface area contributed by atoms with Crippen molar-refractivity contribution in [3.05, 3.63) is 45.8 Å². The maximum Gasteiger partial charge on any atom is 0.336 e. The van der Waals surface area contributed by atoms with E-state index in [1.54, 1.807) is 6.07 Å². The Morgan fingerprint density at radius 1 is 1.42 bits per heavy atom. The zero-order chi connectivity index (χ0) is 14.0. The first-order valence-corrected chi connectivity index (χ1v) is 5.99. The van der Waals surface area contributed by atoms with Crippen LogP contribution in [0.4, 0.5) is 0 Å². The van der Waals surface area contributed by atoms with Gasteiger partial charge in [-0.3, -0.25) is 4.79 Å². The fraction of sp³-hybridized carbons (Fsp3) is 0.286. The average molecular weight is 261 g/mol. The molecule has 0 aliphatic rings. The zero-order valence-corrected chi connectivity index (χ0v) is 10.6. The predicted molar refractivity (Wildman–Crippen MR) is 71.2 cm³/mol. The van der Waals surface area contributed by atoms with Gasteiger partial charge >= 0.3 is 11.6 Å². The Hall–Kier alpha value is -2.14. The van der Waals surface area contributed by atoms with E-state index in [0.29, 0.717) is 12.0 Å². The summed E-state index contributed by atoms with van der Waals surface area (Å²) in [6.07, 6.45) is 0.709. The second kappa shape index (κ2) is 5.24. The molecular weight excluding hydrogens is 246 g/mol. The van der Waals surface area contributed by atoms with Crippen LogP contribution in [0, 0.1) is 6.92 Å². The molecule has 0 aliphatic heterocycles. The Balaban J connectivity index is 2.37. The normalized spacial score (nSPS) is 12.5. The van der Waals surface area contributed by atoms with Crippen LogP contribution in [0.2, 0.25) is 0 Å². The van der Waals surface area contributed by atoms with Gasteiger partial charge in [0.1, 0.15) is 11.6 Å². The molecule has 0 saturated carbocycles. The molecule has 0 saturated heterocycles. The van der Waals surface area contributed by atoms with Gasteiger partial charge in [0.25, 0.3) is 0 Å². The second-order valence-electron chi connectivity index (χ2n) is 4.57. The Bertz CT molecular complexity index is 675. The minimum atomic E-state index is -1.04. The number of benzene rings is 1. The van der Waals surface area contributed by atoms with Crippen molar-refractivity contribution in [3.8, 4) is 0 Å². The molecule has 0 radical (unpaired) electrons. The molecule has 1 heterocycles. The molecule has 5 heteroatoms. The number of fused-ring (bicyclic) bond motifs is 1. The maximum absolute atomic E-state index is 11.5. The van der Waals surface area contributed by atoms with Crippen LogP contribution in [0.3, 0.4) is 0 Å². The van der Waals surface area contributed by atoms with E-state index < -0.39 is 17.6 Å². The van der Waals surface area contributed by atoms with Gasteiger partial charge in [0.2, 0.25) is 0 Å². The predicted octanol–water partition coefficient (Wildman–Crippen LogP) is 1.45. The number of rotatable bonds is 4. The zero-order valence-electron chi connectivity index (χ0n) is 10.6. The Morgan fingerprint density at radius 3 is 2.84 bits per heavy atom. The van der Waals surface area contributed by atoms with Gasteiger partial charge in [-0.05, 0) is 37.0 Å². The molecule has 2 rings (SSSR count). The molecule has 0 amide bonds. The molecule has 0 unspecified atom stereocenters. The summed E-state index contributed by atoms with van der Waals surface area (Å²) >= 11 is 0. The van der Waals surface area contributed by atoms with Crippen LogP contribution < -0.4 is 11.4 Å². The summed E-state index contributed by atoms with van der Waals surface area (Å²) in [5.74, 6) is -1.04. The van der Waals surface area contributed by atoms with E-state index in [2.05, 4.69) is 0 Å². The van der Waals surface area contributed by atoms with Crippen molar-refractivity contribution >= 4 is 16.9 Å². The van der Waals surface area contributed by atoms with Crippen LogP contribution in [0.5, 0.6) is 0 Å². The molecule has 5 nitrogen and oxygen atoms in total. The smallest absolute Gasteiger partial charge is 0.336 e. The SMILES string of the molecule is Cc1ccc2c(CC[C@H](N)C(=O)O)cc(=O)oc2c1. The van der Waals surface area contributed by atoms with E-state index in [-0.39, 0.29) is 6.42 Å². The summed E-state index contributed by atoms with van der Waals surface area (Å²) in [6, 6.07) is 6.05. The van der Waals surface area contributed by atoms with Crippen LogP contribution in [-0.4, -0.2) is 17.1 Å². The summed E-state index contributed by atoms with van der Waals surface area (Å²) in [7, 11) is 0. The summed E-state index contributed by atoms with van der Waals surface area (Å²) < 4.78 is 5.13. The number of carbonyl (C=O) groups is 1. The molecule has 0 bridgehead atoms. The van der Waals surface area contributed by atoms with Gasteiger partial charge in [-0.2, -0.15) is 0 Å². The molecule has 2 aromatic rings. The number of hydrogen-bond acceptors (Lipinski definition) is 4. The lowest BCUT2D eigenvalue weighted by Crippen LogP contribution is -2.30. The van der Waals surface area contributed by atoms with Crippen LogP contribution in [0.25, 0.3) is 11.0 Å². The number of aliphatic carboxylic acids is 1. The van der Waals surface area contributed by atoms with Gasteiger partial charge in [-0.25, -0.2) is 4.79 Å². The van der Waals surface area contributed by atoms with Gasteiger partial charge in [0.15, 0.2) is 0 Å². The van der Waals surface area contributed by atoms with Crippen molar-refractivity contribution in [1.29, 1.82) is 0 Å². The number of carboxylic acids is 1. The van der Waals surface area contributed by atoms with Crippen molar-refractivity contribution in [2.45, 2.75) is 25.8 Å². The third kappa shape index (κ3) is 3.00. The van der Waals surface area contributed by atoms with E-state index in [0.717, 1.165) is 16.5 Å². The van der Waals surface area contributed by atoms with E-state index in [9.17, 15) is 9.59 Å². The lowest BCUT2D eigenvalue weighted by Gasteiger charge is -2.08. The monoisotopic (exact) mass is 261 g/mol. The molecule has 0 spiro atoms. The number of nitrogens with two attached hydrogens (primary N) is 1. The third-order valence-electron chi connectivity index (χ3n) is 3.03. The molecule has 1 aromatic heterocycles. The highest BCUT2D eigenvalue weighted by Crippen LogP contribution is 2.19. The van der Waals surface area contributed by atoms with Crippen molar-refractivity contribution in [3.63, 3.8) is 0 Å². The first-order valence-electron chi connectivity index (χ1n) is 5.99. The molecule has 100 valence electrons. The topological polar surface area (TPSA) is 93.5 Å². The number of hydrogen-bond donors (Lipinski definition) is 2. The van der Waals surface area contributed by atoms with Crippen LogP contribution in [0.15, 0.2) is 33.5 Å². The van der Waals surface area contributed by atoms with Crippen molar-refractivity contribution in [2.24, 2.45) is 5.73 Å². The van der Waals surface area contributed by atoms with Gasteiger partial charge in [0.05, 0.1) is 0 Å². The third-order valence-corrected chi connectivity index (χ3v) is 3.03. The van der Waals surface area contributed by atoms with Gasteiger partial charge in [-0.1, -0.05) is 12.1 Å². The maximum atomic E-state index is 11.5. The minimum absolute atomic E-state index is 0.280. The van der Waals surface area contributed by atoms with Crippen molar-refractivity contribution in [2.75, 3.05) is 0 Å². The highest BCUT2D eigenvalue weighted by molar-refractivity contribution is 5.81. The lowest BCUT2D eigenvalue weighted by atomic mass is 10.0. The quantitative estimate of drug-likeness (QED) is 0.812. The van der Waals surface area contributed by atoms with E-state index in [4.69, 9.17) is 15.3 Å². The highest BCUT2D eigenvalue weighted by Gasteiger charge is 2.13. The molecule has 3 N–H and O–H groups in total. The highest BCUT2D eigenvalue weighted by atomic mass is 16.4. The summed E-state index contributed by atoms with van der Waals surface area (Å²) in [4.78, 5) is 22.2. The van der Waals surface area contributed by atoms with Crippen LogP contribution >= 0.6 is 0 Å². The molecule has 19 heavy (non-hydrogen) atoms. The largest absolute Gasteiger partial charge is 0.480 e. The lowest BCUT2D eigenvalue weighted by molar-refractivity contribution is -0.138. The van der Waals surface area contributed by atoms with Crippen LogP contribution in [0.1, 0.15) is 17.5 Å². The van der Waals surface area contributed by atoms with Crippen molar-refractivity contribution < 1.29 is 14.3 Å². The van der Waals surface area contributed by atoms with Gasteiger partial charge in [-0.15, -0.1) is 0 Å². The van der Waals surface area contributed by atoms with E-state index in [1.807, 2.05) is 19.1 Å². The average Bonchev–Trinajstić information content (AvgIpc) is 2.34. The number of carboxylic acid groups (broad SMARTS) is 1. The fourth-order valence-electron chi connectivity index (χ4n) is 1.98. The van der Waals surface area contributed by atoms with Gasteiger partial charge in [0, 0.05) is 11.5 Å². The molecule has 1 aromatic carbocycles. The standard InChI is InChI=1S/C14H15NO4/c1-8-2-4-10-9(3-5-11(15)14(17)18)7-13(16)19-12(10)6-8/h2,4,6-7,11H,3,5,15H2,1H3,(H,17,18)/t11-/m0/s1. The fourth-order valence-corrected chi connectivity index (χ4v) is 1.98. The first-order chi connectivity index (χ1) is 8.97. The van der Waals surface area contributed by atoms with Crippen molar-refractivity contribution in [1.82, 2.24) is 0 Å². The molecule has 0 aliphatic carbocycles. The van der Waals surface area contributed by atoms with Crippen LogP contribution in [-0.2, 0) is 11.2 Å². The summed E-state index contributed by atoms with van der Waals surface area (Å²) in [5.41, 5.74) is 7.32. The van der Waals surface area contributed by atoms with E-state index >= 15 is 0 Å². The molecular formula is C14H15NO4. The first kappa shape index (κ1) is 13.3. The molecule has 0 fully saturated rings. The summed E-state index contributed by atoms with van der Waals surface area (Å²) in [6.45, 7) is 1.91.